The summed E-state index contributed by atoms with van der Waals surface area (Å²) in [4.78, 5) is 82.5. The van der Waals surface area contributed by atoms with E-state index in [2.05, 4.69) is 31.9 Å². The van der Waals surface area contributed by atoms with Crippen LogP contribution in [-0.4, -0.2) is 72.9 Å². The number of nitrogens with one attached hydrogen (secondary N) is 6. The van der Waals surface area contributed by atoms with E-state index >= 15 is 0 Å². The number of hydrogen-bond donors (Lipinski definition) is 6. The molecule has 0 bridgehead atoms. The molecule has 4 rings (SSSR count). The lowest BCUT2D eigenvalue weighted by Crippen LogP contribution is -2.60. The van der Waals surface area contributed by atoms with Gasteiger partial charge in [-0.25, -0.2) is 9.59 Å². The van der Waals surface area contributed by atoms with Gasteiger partial charge in [0, 0.05) is 24.9 Å². The maximum Gasteiger partial charge on any atom is 0.328 e. The minimum atomic E-state index is -1.16. The van der Waals surface area contributed by atoms with Crippen molar-refractivity contribution in [3.8, 4) is 0 Å². The first kappa shape index (κ1) is 47.2. The topological polar surface area (TPSA) is 184 Å². The fourth-order valence-electron chi connectivity index (χ4n) is 6.76. The Morgan fingerprint density at radius 1 is 0.459 bits per heavy atom. The van der Waals surface area contributed by atoms with E-state index in [9.17, 15) is 28.8 Å². The van der Waals surface area contributed by atoms with Crippen LogP contribution >= 0.6 is 0 Å². The molecule has 0 aliphatic carbocycles. The highest BCUT2D eigenvalue weighted by Gasteiger charge is 2.33. The smallest absolute Gasteiger partial charge is 0.328 e. The summed E-state index contributed by atoms with van der Waals surface area (Å²) >= 11 is 0. The van der Waals surface area contributed by atoms with Crippen LogP contribution in [0, 0.1) is 18.8 Å². The Morgan fingerprint density at radius 2 is 0.803 bits per heavy atom. The van der Waals surface area contributed by atoms with Gasteiger partial charge in [0.25, 0.3) is 0 Å². The van der Waals surface area contributed by atoms with Crippen LogP contribution in [0.4, 0.5) is 10.5 Å². The number of carbonyl (C=O) groups is 6. The SMILES string of the molecule is COC(=O)[C@H](Cc1ccccc1)NC(=O)[C@@H](CC(C)C)NC(=O)[C@H](Cc1ccccc1)NC(=O)[C@@H](CC(C)C)NC(=O)[C@H](Cc1ccccc1)NC(=O)Nc1ccc(C)cc1. The van der Waals surface area contributed by atoms with Crippen molar-refractivity contribution in [1.29, 1.82) is 0 Å². The summed E-state index contributed by atoms with van der Waals surface area (Å²) in [5.74, 6) is -3.12. The van der Waals surface area contributed by atoms with Crippen LogP contribution in [0.5, 0.6) is 0 Å². The van der Waals surface area contributed by atoms with Gasteiger partial charge in [-0.05, 0) is 60.4 Å². The molecule has 0 fully saturated rings. The molecule has 0 saturated carbocycles. The van der Waals surface area contributed by atoms with E-state index in [1.54, 1.807) is 12.1 Å². The zero-order valence-corrected chi connectivity index (χ0v) is 35.9. The van der Waals surface area contributed by atoms with Crippen LogP contribution in [0.3, 0.4) is 0 Å². The average Bonchev–Trinajstić information content (AvgIpc) is 3.23. The first-order chi connectivity index (χ1) is 29.2. The van der Waals surface area contributed by atoms with E-state index in [1.165, 1.54) is 7.11 Å². The van der Waals surface area contributed by atoms with Crippen molar-refractivity contribution in [3.63, 3.8) is 0 Å². The number of rotatable bonds is 21. The molecule has 324 valence electrons. The number of amides is 6. The van der Waals surface area contributed by atoms with Crippen molar-refractivity contribution in [1.82, 2.24) is 26.6 Å². The van der Waals surface area contributed by atoms with Crippen molar-refractivity contribution in [2.24, 2.45) is 11.8 Å². The Hall–Kier alpha value is -6.50. The standard InChI is InChI=1S/C48H60N6O7/c1-31(2)26-38(51-46(58)41(29-35-18-12-8-13-19-35)54-48(60)49-37-24-22-33(5)23-25-37)43(55)52-40(28-34-16-10-7-11-17-34)45(57)50-39(27-32(3)4)44(56)53-42(47(59)61-6)30-36-20-14-9-15-21-36/h7-25,31-32,38-42H,26-30H2,1-6H3,(H,50,57)(H,51,58)(H,52,55)(H,53,56)(H2,49,54,60)/t38-,39-,40+,41+,42+/m1/s1. The first-order valence-corrected chi connectivity index (χ1v) is 20.8. The lowest BCUT2D eigenvalue weighted by Gasteiger charge is -2.28. The molecule has 4 aromatic rings. The number of anilines is 1. The highest BCUT2D eigenvalue weighted by molar-refractivity contribution is 5.97. The van der Waals surface area contributed by atoms with Crippen molar-refractivity contribution in [3.05, 3.63) is 138 Å². The summed E-state index contributed by atoms with van der Waals surface area (Å²) in [6.07, 6.45) is 0.857. The largest absolute Gasteiger partial charge is 0.467 e. The number of ether oxygens (including phenoxy) is 1. The van der Waals surface area contributed by atoms with Gasteiger partial charge in [-0.1, -0.05) is 136 Å². The lowest BCUT2D eigenvalue weighted by atomic mass is 9.98. The van der Waals surface area contributed by atoms with Crippen molar-refractivity contribution in [2.45, 2.75) is 96.9 Å². The van der Waals surface area contributed by atoms with Gasteiger partial charge in [0.15, 0.2) is 0 Å². The van der Waals surface area contributed by atoms with E-state index in [0.717, 1.165) is 22.3 Å². The number of carbonyl (C=O) groups excluding carboxylic acids is 6. The van der Waals surface area contributed by atoms with Crippen molar-refractivity contribution < 1.29 is 33.5 Å². The summed E-state index contributed by atoms with van der Waals surface area (Å²) in [6, 6.07) is 28.8. The van der Waals surface area contributed by atoms with Gasteiger partial charge < -0.3 is 36.6 Å². The highest BCUT2D eigenvalue weighted by atomic mass is 16.5. The molecule has 61 heavy (non-hydrogen) atoms. The van der Waals surface area contributed by atoms with Crippen LogP contribution in [0.1, 0.15) is 62.8 Å². The van der Waals surface area contributed by atoms with Gasteiger partial charge in [-0.3, -0.25) is 19.2 Å². The van der Waals surface area contributed by atoms with Crippen LogP contribution in [-0.2, 0) is 48.0 Å². The molecule has 0 aliphatic heterocycles. The number of benzene rings is 4. The summed E-state index contributed by atoms with van der Waals surface area (Å²) in [5.41, 5.74) is 3.92. The van der Waals surface area contributed by atoms with Crippen LogP contribution < -0.4 is 31.9 Å². The highest BCUT2D eigenvalue weighted by Crippen LogP contribution is 2.14. The van der Waals surface area contributed by atoms with Gasteiger partial charge in [0.2, 0.25) is 23.6 Å². The van der Waals surface area contributed by atoms with Crippen LogP contribution in [0.2, 0.25) is 0 Å². The van der Waals surface area contributed by atoms with E-state index in [-0.39, 0.29) is 43.9 Å². The predicted molar refractivity (Wildman–Crippen MR) is 236 cm³/mol. The Kier molecular flexibility index (Phi) is 18.5. The molecule has 0 radical (unpaired) electrons. The molecule has 0 aromatic heterocycles. The van der Waals surface area contributed by atoms with Gasteiger partial charge in [-0.2, -0.15) is 0 Å². The Labute approximate surface area is 359 Å². The molecule has 6 amide bonds. The molecule has 4 aromatic carbocycles. The maximum absolute atomic E-state index is 14.3. The Bertz CT molecular complexity index is 2030. The molecular formula is C48H60N6O7. The lowest BCUT2D eigenvalue weighted by molar-refractivity contribution is -0.145. The Balaban J connectivity index is 1.56. The summed E-state index contributed by atoms with van der Waals surface area (Å²) in [5, 5.41) is 16.9. The van der Waals surface area contributed by atoms with Crippen LogP contribution in [0.15, 0.2) is 115 Å². The molecule has 13 heteroatoms. The van der Waals surface area contributed by atoms with Crippen LogP contribution in [0.25, 0.3) is 0 Å². The van der Waals surface area contributed by atoms with E-state index in [0.29, 0.717) is 5.69 Å². The summed E-state index contributed by atoms with van der Waals surface area (Å²) < 4.78 is 5.00. The number of urea groups is 1. The molecular weight excluding hydrogens is 773 g/mol. The van der Waals surface area contributed by atoms with E-state index in [4.69, 9.17) is 4.74 Å². The van der Waals surface area contributed by atoms with E-state index < -0.39 is 65.8 Å². The van der Waals surface area contributed by atoms with Gasteiger partial charge in [0.1, 0.15) is 30.2 Å². The number of hydrogen-bond acceptors (Lipinski definition) is 7. The minimum Gasteiger partial charge on any atom is -0.467 e. The zero-order chi connectivity index (χ0) is 44.3. The van der Waals surface area contributed by atoms with Crippen molar-refractivity contribution in [2.75, 3.05) is 12.4 Å². The molecule has 0 spiro atoms. The second-order valence-electron chi connectivity index (χ2n) is 16.1. The van der Waals surface area contributed by atoms with E-state index in [1.807, 2.05) is 138 Å². The molecule has 0 aliphatic rings. The molecule has 6 N–H and O–H groups in total. The van der Waals surface area contributed by atoms with Gasteiger partial charge in [-0.15, -0.1) is 0 Å². The average molecular weight is 833 g/mol. The van der Waals surface area contributed by atoms with Crippen molar-refractivity contribution >= 4 is 41.3 Å². The predicted octanol–water partition coefficient (Wildman–Crippen LogP) is 5.42. The Morgan fingerprint density at radius 3 is 1.20 bits per heavy atom. The fourth-order valence-corrected chi connectivity index (χ4v) is 6.76. The molecule has 0 unspecified atom stereocenters. The second kappa shape index (κ2) is 23.9. The third kappa shape index (κ3) is 16.2. The monoisotopic (exact) mass is 832 g/mol. The number of methoxy groups -OCH3 is 1. The third-order valence-electron chi connectivity index (χ3n) is 9.89. The summed E-state index contributed by atoms with van der Waals surface area (Å²) in [7, 11) is 1.25. The minimum absolute atomic E-state index is 0.0361. The van der Waals surface area contributed by atoms with Gasteiger partial charge >= 0.3 is 12.0 Å². The summed E-state index contributed by atoms with van der Waals surface area (Å²) in [6.45, 7) is 9.56. The first-order valence-electron chi connectivity index (χ1n) is 20.8. The molecule has 5 atom stereocenters. The normalized spacial score (nSPS) is 13.4. The number of aryl methyl sites for hydroxylation is 1. The third-order valence-corrected chi connectivity index (χ3v) is 9.89. The molecule has 13 nitrogen and oxygen atoms in total. The molecule has 0 heterocycles. The zero-order valence-electron chi connectivity index (χ0n) is 35.9. The second-order valence-corrected chi connectivity index (χ2v) is 16.1. The molecule has 0 saturated heterocycles. The quantitative estimate of drug-likeness (QED) is 0.0606. The maximum atomic E-state index is 14.3. The number of esters is 1. The fraction of sp³-hybridized carbons (Fsp3) is 0.375. The van der Waals surface area contributed by atoms with Gasteiger partial charge in [0.05, 0.1) is 7.11 Å².